The van der Waals surface area contributed by atoms with E-state index in [2.05, 4.69) is 6.07 Å². The van der Waals surface area contributed by atoms with Gasteiger partial charge in [-0.2, -0.15) is 0 Å². The van der Waals surface area contributed by atoms with Crippen molar-refractivity contribution in [2.24, 2.45) is 0 Å². The van der Waals surface area contributed by atoms with Crippen LogP contribution >= 0.6 is 0 Å². The highest BCUT2D eigenvalue weighted by Gasteiger charge is 2.13. The lowest BCUT2D eigenvalue weighted by molar-refractivity contribution is -0.132. The Balaban J connectivity index is 2.21. The minimum Gasteiger partial charge on any atom is -0.478 e. The highest BCUT2D eigenvalue weighted by atomic mass is 16.4. The Morgan fingerprint density at radius 2 is 1.60 bits per heavy atom. The molecule has 25 heavy (non-hydrogen) atoms. The molecule has 0 unspecified atom stereocenters. The van der Waals surface area contributed by atoms with Crippen LogP contribution < -0.4 is 0 Å². The van der Waals surface area contributed by atoms with Crippen LogP contribution in [0.4, 0.5) is 0 Å². The second kappa shape index (κ2) is 7.31. The summed E-state index contributed by atoms with van der Waals surface area (Å²) in [4.78, 5) is 11.5. The van der Waals surface area contributed by atoms with Crippen molar-refractivity contribution in [3.8, 4) is 0 Å². The molecule has 3 aromatic carbocycles. The van der Waals surface area contributed by atoms with E-state index in [1.165, 1.54) is 6.08 Å². The minimum absolute atomic E-state index is 0.251. The van der Waals surface area contributed by atoms with Gasteiger partial charge in [0.15, 0.2) is 0 Å². The summed E-state index contributed by atoms with van der Waals surface area (Å²) >= 11 is 0. The van der Waals surface area contributed by atoms with Crippen LogP contribution in [0.2, 0.25) is 0 Å². The minimum atomic E-state index is -0.942. The standard InChI is InChI=1S/C22H21NO2/c1-2-3-8-17(22(24)25)14-20(23)21-18-11-6-4-9-15(18)13-16-10-5-7-12-19(16)21/h4-7,9-14,23H,2-3,8H2,1H3,(H,24,25). The lowest BCUT2D eigenvalue weighted by Gasteiger charge is -2.11. The molecular weight excluding hydrogens is 310 g/mol. The van der Waals surface area contributed by atoms with Crippen LogP contribution in [0.1, 0.15) is 31.7 Å². The maximum Gasteiger partial charge on any atom is 0.331 e. The van der Waals surface area contributed by atoms with E-state index < -0.39 is 5.97 Å². The number of carbonyl (C=O) groups is 1. The van der Waals surface area contributed by atoms with Crippen LogP contribution in [-0.2, 0) is 4.79 Å². The number of carboxylic acids is 1. The van der Waals surface area contributed by atoms with Gasteiger partial charge in [0.1, 0.15) is 0 Å². The third-order valence-corrected chi connectivity index (χ3v) is 4.43. The van der Waals surface area contributed by atoms with Crippen molar-refractivity contribution < 1.29 is 9.90 Å². The maximum absolute atomic E-state index is 11.5. The average Bonchev–Trinajstić information content (AvgIpc) is 2.62. The molecule has 3 rings (SSSR count). The zero-order valence-electron chi connectivity index (χ0n) is 14.3. The lowest BCUT2D eigenvalue weighted by Crippen LogP contribution is -2.06. The first-order valence-electron chi connectivity index (χ1n) is 8.55. The average molecular weight is 331 g/mol. The lowest BCUT2D eigenvalue weighted by atomic mass is 9.92. The van der Waals surface area contributed by atoms with Crippen LogP contribution in [0, 0.1) is 5.41 Å². The number of nitrogens with one attached hydrogen (secondary N) is 1. The van der Waals surface area contributed by atoms with Gasteiger partial charge in [-0.3, -0.25) is 0 Å². The number of carboxylic acid groups (broad SMARTS) is 1. The fourth-order valence-corrected chi connectivity index (χ4v) is 3.16. The Morgan fingerprint density at radius 1 is 1.04 bits per heavy atom. The van der Waals surface area contributed by atoms with Gasteiger partial charge in [-0.25, -0.2) is 4.79 Å². The number of fused-ring (bicyclic) bond motifs is 2. The van der Waals surface area contributed by atoms with E-state index in [0.29, 0.717) is 12.0 Å². The van der Waals surface area contributed by atoms with E-state index in [0.717, 1.165) is 39.9 Å². The number of unbranched alkanes of at least 4 members (excludes halogenated alkanes) is 1. The summed E-state index contributed by atoms with van der Waals surface area (Å²) in [5.74, 6) is -0.942. The van der Waals surface area contributed by atoms with E-state index in [9.17, 15) is 9.90 Å². The number of benzene rings is 3. The maximum atomic E-state index is 11.5. The Kier molecular flexibility index (Phi) is 4.94. The Bertz CT molecular complexity index is 932. The number of aliphatic carboxylic acids is 1. The van der Waals surface area contributed by atoms with Crippen LogP contribution in [-0.4, -0.2) is 16.8 Å². The number of allylic oxidation sites excluding steroid dienone is 1. The second-order valence-electron chi connectivity index (χ2n) is 6.19. The van der Waals surface area contributed by atoms with Crippen LogP contribution in [0.5, 0.6) is 0 Å². The molecule has 0 aliphatic carbocycles. The Labute approximate surface area is 147 Å². The van der Waals surface area contributed by atoms with Crippen LogP contribution in [0.3, 0.4) is 0 Å². The number of hydrogen-bond acceptors (Lipinski definition) is 2. The van der Waals surface area contributed by atoms with Gasteiger partial charge in [0.2, 0.25) is 0 Å². The van der Waals surface area contributed by atoms with Crippen molar-refractivity contribution in [2.75, 3.05) is 0 Å². The van der Waals surface area contributed by atoms with Gasteiger partial charge in [-0.15, -0.1) is 0 Å². The molecule has 3 heteroatoms. The van der Waals surface area contributed by atoms with Crippen molar-refractivity contribution in [2.45, 2.75) is 26.2 Å². The summed E-state index contributed by atoms with van der Waals surface area (Å²) in [5.41, 5.74) is 1.34. The largest absolute Gasteiger partial charge is 0.478 e. The zero-order valence-corrected chi connectivity index (χ0v) is 14.3. The first-order chi connectivity index (χ1) is 12.1. The topological polar surface area (TPSA) is 61.2 Å². The number of rotatable bonds is 6. The zero-order chi connectivity index (χ0) is 17.8. The van der Waals surface area contributed by atoms with E-state index in [-0.39, 0.29) is 5.71 Å². The molecule has 0 heterocycles. The van der Waals surface area contributed by atoms with Crippen molar-refractivity contribution >= 4 is 33.2 Å². The Hall–Kier alpha value is -2.94. The van der Waals surface area contributed by atoms with E-state index in [1.54, 1.807) is 0 Å². The molecule has 0 radical (unpaired) electrons. The number of hydrogen-bond donors (Lipinski definition) is 2. The van der Waals surface area contributed by atoms with Crippen LogP contribution in [0.25, 0.3) is 21.5 Å². The van der Waals surface area contributed by atoms with Gasteiger partial charge in [0, 0.05) is 11.1 Å². The summed E-state index contributed by atoms with van der Waals surface area (Å²) in [6.07, 6.45) is 3.74. The highest BCUT2D eigenvalue weighted by molar-refractivity contribution is 6.24. The van der Waals surface area contributed by atoms with Gasteiger partial charge in [0.25, 0.3) is 0 Å². The predicted molar refractivity (Wildman–Crippen MR) is 104 cm³/mol. The summed E-state index contributed by atoms with van der Waals surface area (Å²) in [5, 5.41) is 22.1. The molecule has 0 aliphatic heterocycles. The molecule has 3 nitrogen and oxygen atoms in total. The normalized spacial score (nSPS) is 11.8. The molecule has 0 atom stereocenters. The van der Waals surface area contributed by atoms with Crippen molar-refractivity contribution in [3.63, 3.8) is 0 Å². The molecule has 126 valence electrons. The van der Waals surface area contributed by atoms with E-state index >= 15 is 0 Å². The first kappa shape index (κ1) is 16.9. The predicted octanol–water partition coefficient (Wildman–Crippen LogP) is 5.56. The summed E-state index contributed by atoms with van der Waals surface area (Å²) in [7, 11) is 0. The van der Waals surface area contributed by atoms with Gasteiger partial charge < -0.3 is 10.5 Å². The Morgan fingerprint density at radius 3 is 2.12 bits per heavy atom. The summed E-state index contributed by atoms with van der Waals surface area (Å²) in [6, 6.07) is 18.0. The van der Waals surface area contributed by atoms with Gasteiger partial charge in [0.05, 0.1) is 5.71 Å². The molecule has 0 aromatic heterocycles. The van der Waals surface area contributed by atoms with Crippen LogP contribution in [0.15, 0.2) is 66.2 Å². The molecule has 0 saturated heterocycles. The van der Waals surface area contributed by atoms with E-state index in [1.807, 2.05) is 55.5 Å². The van der Waals surface area contributed by atoms with E-state index in [4.69, 9.17) is 5.41 Å². The third kappa shape index (κ3) is 3.45. The molecule has 0 spiro atoms. The fourth-order valence-electron chi connectivity index (χ4n) is 3.16. The quantitative estimate of drug-likeness (QED) is 0.353. The molecule has 0 saturated carbocycles. The highest BCUT2D eigenvalue weighted by Crippen LogP contribution is 2.29. The second-order valence-corrected chi connectivity index (χ2v) is 6.19. The third-order valence-electron chi connectivity index (χ3n) is 4.43. The van der Waals surface area contributed by atoms with Crippen molar-refractivity contribution in [1.29, 1.82) is 5.41 Å². The summed E-state index contributed by atoms with van der Waals surface area (Å²) in [6.45, 7) is 2.03. The molecule has 0 amide bonds. The molecule has 2 N–H and O–H groups in total. The molecule has 0 fully saturated rings. The fraction of sp³-hybridized carbons (Fsp3) is 0.182. The molecule has 0 bridgehead atoms. The monoisotopic (exact) mass is 331 g/mol. The molecular formula is C22H21NO2. The van der Waals surface area contributed by atoms with Gasteiger partial charge in [-0.1, -0.05) is 61.9 Å². The molecule has 3 aromatic rings. The smallest absolute Gasteiger partial charge is 0.331 e. The van der Waals surface area contributed by atoms with Crippen molar-refractivity contribution in [1.82, 2.24) is 0 Å². The SMILES string of the molecule is CCCCC(=CC(=N)c1c2ccccc2cc2ccccc12)C(=O)O. The molecule has 0 aliphatic rings. The van der Waals surface area contributed by atoms with Gasteiger partial charge in [-0.05, 0) is 46.5 Å². The van der Waals surface area contributed by atoms with Gasteiger partial charge >= 0.3 is 5.97 Å². The summed E-state index contributed by atoms with van der Waals surface area (Å²) < 4.78 is 0. The van der Waals surface area contributed by atoms with Crippen molar-refractivity contribution in [3.05, 3.63) is 71.8 Å². The first-order valence-corrected chi connectivity index (χ1v) is 8.55.